The molecule has 0 aromatic rings. The van der Waals surface area contributed by atoms with Crippen LogP contribution in [0.15, 0.2) is 122 Å². The van der Waals surface area contributed by atoms with Gasteiger partial charge in [0.1, 0.15) is 13.2 Å². The highest BCUT2D eigenvalue weighted by Crippen LogP contribution is 2.13. The maximum Gasteiger partial charge on any atom is 0.306 e. The van der Waals surface area contributed by atoms with Crippen LogP contribution in [0.4, 0.5) is 0 Å². The van der Waals surface area contributed by atoms with E-state index < -0.39 is 12.1 Å². The van der Waals surface area contributed by atoms with Crippen molar-refractivity contribution in [3.63, 3.8) is 0 Å². The van der Waals surface area contributed by atoms with Crippen molar-refractivity contribution in [3.05, 3.63) is 122 Å². The first-order chi connectivity index (χ1) is 30.5. The molecule has 0 heterocycles. The van der Waals surface area contributed by atoms with Crippen molar-refractivity contribution in [1.82, 2.24) is 0 Å². The van der Waals surface area contributed by atoms with Gasteiger partial charge in [-0.3, -0.25) is 14.4 Å². The lowest BCUT2D eigenvalue weighted by Crippen LogP contribution is -2.30. The van der Waals surface area contributed by atoms with Gasteiger partial charge in [-0.15, -0.1) is 0 Å². The summed E-state index contributed by atoms with van der Waals surface area (Å²) in [6, 6.07) is 0. The minimum atomic E-state index is -0.848. The van der Waals surface area contributed by atoms with Gasteiger partial charge in [-0.05, 0) is 83.5 Å². The smallest absolute Gasteiger partial charge is 0.306 e. The number of rotatable bonds is 42. The van der Waals surface area contributed by atoms with E-state index in [1.165, 1.54) is 57.8 Å². The second-order valence-corrected chi connectivity index (χ2v) is 15.6. The summed E-state index contributed by atoms with van der Waals surface area (Å²) >= 11 is 0. The van der Waals surface area contributed by atoms with Crippen LogP contribution in [0.1, 0.15) is 194 Å². The van der Waals surface area contributed by atoms with E-state index in [4.69, 9.17) is 14.2 Å². The highest BCUT2D eigenvalue weighted by Gasteiger charge is 2.19. The molecule has 0 aliphatic heterocycles. The van der Waals surface area contributed by atoms with E-state index >= 15 is 0 Å². The Hall–Kier alpha value is -4.19. The maximum atomic E-state index is 12.7. The number of allylic oxidation sites excluding steroid dienone is 20. The van der Waals surface area contributed by atoms with Crippen molar-refractivity contribution in [2.45, 2.75) is 200 Å². The van der Waals surface area contributed by atoms with E-state index in [-0.39, 0.29) is 38.0 Å². The van der Waals surface area contributed by atoms with Crippen LogP contribution in [0.5, 0.6) is 0 Å². The van der Waals surface area contributed by atoms with E-state index in [2.05, 4.69) is 118 Å². The van der Waals surface area contributed by atoms with Crippen LogP contribution in [-0.4, -0.2) is 37.2 Å². The van der Waals surface area contributed by atoms with Gasteiger partial charge in [0.2, 0.25) is 0 Å². The first kappa shape index (κ1) is 57.8. The summed E-state index contributed by atoms with van der Waals surface area (Å²) in [5.41, 5.74) is 0. The standard InChI is InChI=1S/C56H88O6/c1-4-7-10-13-16-19-22-25-27-29-31-34-37-40-43-46-49-55(58)61-52-53(51-60-54(57)48-45-42-39-36-33-24-21-18-15-12-9-6-3)62-56(59)50-47-44-41-38-35-32-30-28-26-23-20-17-14-11-8-5-2/h7-8,10-11,16-17,19-20,25-28,31-32,34-35,40-41,43-44,53H,4-6,9,12-15,18,21-24,29-30,33,36-39,42,45-52H2,1-3H3/b10-7-,11-8-,19-16-,20-17-,27-25-,28-26-,34-31-,35-32-,43-40-,44-41-. The molecule has 0 fully saturated rings. The number of ether oxygens (including phenoxy) is 3. The minimum Gasteiger partial charge on any atom is -0.462 e. The van der Waals surface area contributed by atoms with Crippen LogP contribution < -0.4 is 0 Å². The number of hydrogen-bond donors (Lipinski definition) is 0. The van der Waals surface area contributed by atoms with Crippen molar-refractivity contribution in [2.75, 3.05) is 13.2 Å². The Morgan fingerprint density at radius 3 is 0.984 bits per heavy atom. The molecule has 0 rings (SSSR count). The van der Waals surface area contributed by atoms with Crippen molar-refractivity contribution < 1.29 is 28.6 Å². The molecule has 0 amide bonds. The molecule has 348 valence electrons. The van der Waals surface area contributed by atoms with Gasteiger partial charge < -0.3 is 14.2 Å². The summed E-state index contributed by atoms with van der Waals surface area (Å²) in [6.07, 6.45) is 67.8. The Labute approximate surface area is 380 Å². The average Bonchev–Trinajstić information content (AvgIpc) is 3.27. The van der Waals surface area contributed by atoms with Crippen LogP contribution in [-0.2, 0) is 28.6 Å². The average molecular weight is 857 g/mol. The third-order valence-electron chi connectivity index (χ3n) is 9.74. The zero-order valence-corrected chi connectivity index (χ0v) is 39.6. The molecule has 0 aromatic carbocycles. The van der Waals surface area contributed by atoms with Gasteiger partial charge >= 0.3 is 17.9 Å². The first-order valence-electron chi connectivity index (χ1n) is 24.5. The topological polar surface area (TPSA) is 78.9 Å². The second-order valence-electron chi connectivity index (χ2n) is 15.6. The summed E-state index contributed by atoms with van der Waals surface area (Å²) in [6.45, 7) is 6.25. The molecule has 0 aliphatic rings. The molecule has 62 heavy (non-hydrogen) atoms. The van der Waals surface area contributed by atoms with E-state index in [0.29, 0.717) is 19.3 Å². The SMILES string of the molecule is CC/C=C\C/C=C\C/C=C\C/C=C\C/C=C\CCC(=O)OCC(COC(=O)CCCCCCCCCCCCCC)OC(=O)CC/C=C\C/C=C\C/C=C\C/C=C\C/C=C\CC. The number of hydrogen-bond acceptors (Lipinski definition) is 6. The van der Waals surface area contributed by atoms with Crippen LogP contribution >= 0.6 is 0 Å². The van der Waals surface area contributed by atoms with E-state index in [1.54, 1.807) is 0 Å². The van der Waals surface area contributed by atoms with Crippen molar-refractivity contribution >= 4 is 17.9 Å². The number of carbonyl (C=O) groups is 3. The Bertz CT molecular complexity index is 1350. The van der Waals surface area contributed by atoms with Crippen molar-refractivity contribution in [1.29, 1.82) is 0 Å². The van der Waals surface area contributed by atoms with Crippen molar-refractivity contribution in [3.8, 4) is 0 Å². The maximum absolute atomic E-state index is 12.7. The lowest BCUT2D eigenvalue weighted by molar-refractivity contribution is -0.166. The van der Waals surface area contributed by atoms with Gasteiger partial charge in [0.15, 0.2) is 6.10 Å². The highest BCUT2D eigenvalue weighted by molar-refractivity contribution is 5.71. The fourth-order valence-corrected chi connectivity index (χ4v) is 6.13. The zero-order valence-electron chi connectivity index (χ0n) is 39.6. The third-order valence-corrected chi connectivity index (χ3v) is 9.74. The van der Waals surface area contributed by atoms with E-state index in [0.717, 1.165) is 83.5 Å². The Morgan fingerprint density at radius 2 is 0.629 bits per heavy atom. The molecule has 1 atom stereocenters. The van der Waals surface area contributed by atoms with Gasteiger partial charge in [-0.1, -0.05) is 213 Å². The van der Waals surface area contributed by atoms with Crippen molar-refractivity contribution in [2.24, 2.45) is 0 Å². The van der Waals surface area contributed by atoms with Crippen LogP contribution in [0.3, 0.4) is 0 Å². The number of carbonyl (C=O) groups excluding carboxylic acids is 3. The first-order valence-corrected chi connectivity index (χ1v) is 24.5. The third kappa shape index (κ3) is 46.9. The molecule has 6 heteroatoms. The summed E-state index contributed by atoms with van der Waals surface area (Å²) in [7, 11) is 0. The molecule has 0 N–H and O–H groups in total. The van der Waals surface area contributed by atoms with E-state index in [1.807, 2.05) is 24.3 Å². The molecule has 0 saturated heterocycles. The van der Waals surface area contributed by atoms with Crippen LogP contribution in [0.2, 0.25) is 0 Å². The molecule has 1 unspecified atom stereocenters. The second kappa shape index (κ2) is 49.5. The molecular weight excluding hydrogens is 769 g/mol. The Kier molecular flexibility index (Phi) is 46.1. The van der Waals surface area contributed by atoms with Gasteiger partial charge in [-0.2, -0.15) is 0 Å². The molecule has 6 nitrogen and oxygen atoms in total. The Balaban J connectivity index is 4.63. The van der Waals surface area contributed by atoms with Gasteiger partial charge in [0, 0.05) is 19.3 Å². The number of unbranched alkanes of at least 4 members (excludes halogenated alkanes) is 11. The fraction of sp³-hybridized carbons (Fsp3) is 0.589. The molecule has 0 radical (unpaired) electrons. The summed E-state index contributed by atoms with van der Waals surface area (Å²) < 4.78 is 16.6. The van der Waals surface area contributed by atoms with Gasteiger partial charge in [0.25, 0.3) is 0 Å². The predicted octanol–water partition coefficient (Wildman–Crippen LogP) is 16.1. The van der Waals surface area contributed by atoms with Crippen LogP contribution in [0.25, 0.3) is 0 Å². The summed E-state index contributed by atoms with van der Waals surface area (Å²) in [5.74, 6) is -1.11. The fourth-order valence-electron chi connectivity index (χ4n) is 6.13. The lowest BCUT2D eigenvalue weighted by atomic mass is 10.0. The quantitative estimate of drug-likeness (QED) is 0.0263. The van der Waals surface area contributed by atoms with Gasteiger partial charge in [0.05, 0.1) is 0 Å². The van der Waals surface area contributed by atoms with Crippen LogP contribution in [0, 0.1) is 0 Å². The molecular formula is C56H88O6. The largest absolute Gasteiger partial charge is 0.462 e. The predicted molar refractivity (Wildman–Crippen MR) is 265 cm³/mol. The zero-order chi connectivity index (χ0) is 45.1. The Morgan fingerprint density at radius 1 is 0.339 bits per heavy atom. The van der Waals surface area contributed by atoms with Gasteiger partial charge in [-0.25, -0.2) is 0 Å². The lowest BCUT2D eigenvalue weighted by Gasteiger charge is -2.18. The number of esters is 3. The molecule has 0 saturated carbocycles. The molecule has 0 aromatic heterocycles. The highest BCUT2D eigenvalue weighted by atomic mass is 16.6. The minimum absolute atomic E-state index is 0.132. The molecule has 0 aliphatic carbocycles. The summed E-state index contributed by atoms with van der Waals surface area (Å²) in [5, 5.41) is 0. The normalized spacial score (nSPS) is 13.1. The summed E-state index contributed by atoms with van der Waals surface area (Å²) in [4.78, 5) is 37.8. The molecule has 0 bridgehead atoms. The molecule has 0 spiro atoms. The monoisotopic (exact) mass is 857 g/mol. The van der Waals surface area contributed by atoms with E-state index in [9.17, 15) is 14.4 Å².